The standard InChI is InChI=1S/C16H24O4/c1-6-20-15(17)10-16(18,11(2)3)13-7-8-14(19-5)12(4)9-13/h7-9,11,18H,6,10H2,1-5H3/t16-/m0/s1. The summed E-state index contributed by atoms with van der Waals surface area (Å²) in [6.45, 7) is 7.75. The minimum Gasteiger partial charge on any atom is -0.496 e. The van der Waals surface area contributed by atoms with Crippen molar-refractivity contribution in [1.29, 1.82) is 0 Å². The summed E-state index contributed by atoms with van der Waals surface area (Å²) < 4.78 is 10.2. The number of hydrogen-bond donors (Lipinski definition) is 1. The summed E-state index contributed by atoms with van der Waals surface area (Å²) in [4.78, 5) is 11.7. The smallest absolute Gasteiger partial charge is 0.309 e. The topological polar surface area (TPSA) is 55.8 Å². The molecule has 1 aromatic rings. The van der Waals surface area contributed by atoms with E-state index < -0.39 is 11.6 Å². The SMILES string of the molecule is CCOC(=O)C[C@@](O)(c1ccc(OC)c(C)c1)C(C)C. The van der Waals surface area contributed by atoms with Gasteiger partial charge in [-0.1, -0.05) is 19.9 Å². The maximum absolute atomic E-state index is 11.7. The number of aryl methyl sites for hydroxylation is 1. The zero-order valence-corrected chi connectivity index (χ0v) is 12.9. The van der Waals surface area contributed by atoms with Gasteiger partial charge in [-0.3, -0.25) is 4.79 Å². The number of benzene rings is 1. The largest absolute Gasteiger partial charge is 0.496 e. The highest BCUT2D eigenvalue weighted by atomic mass is 16.5. The van der Waals surface area contributed by atoms with Crippen LogP contribution in [0.25, 0.3) is 0 Å². The molecule has 0 amide bonds. The fourth-order valence-corrected chi connectivity index (χ4v) is 2.22. The third-order valence-corrected chi connectivity index (χ3v) is 3.57. The van der Waals surface area contributed by atoms with E-state index in [1.807, 2.05) is 32.9 Å². The third-order valence-electron chi connectivity index (χ3n) is 3.57. The van der Waals surface area contributed by atoms with Crippen LogP contribution in [0.1, 0.15) is 38.3 Å². The van der Waals surface area contributed by atoms with Crippen LogP contribution in [0.5, 0.6) is 5.75 Å². The van der Waals surface area contributed by atoms with Crippen LogP contribution in [0, 0.1) is 12.8 Å². The lowest BCUT2D eigenvalue weighted by atomic mass is 9.80. The molecule has 0 aliphatic carbocycles. The van der Waals surface area contributed by atoms with Gasteiger partial charge in [-0.2, -0.15) is 0 Å². The lowest BCUT2D eigenvalue weighted by molar-refractivity contribution is -0.151. The van der Waals surface area contributed by atoms with Crippen LogP contribution in [-0.4, -0.2) is 24.8 Å². The van der Waals surface area contributed by atoms with Gasteiger partial charge in [0.15, 0.2) is 0 Å². The minimum absolute atomic E-state index is 0.0513. The molecule has 4 nitrogen and oxygen atoms in total. The van der Waals surface area contributed by atoms with Gasteiger partial charge in [0.25, 0.3) is 0 Å². The van der Waals surface area contributed by atoms with Crippen LogP contribution >= 0.6 is 0 Å². The number of carbonyl (C=O) groups excluding carboxylic acids is 1. The second kappa shape index (κ2) is 6.75. The average Bonchev–Trinajstić information content (AvgIpc) is 2.38. The number of esters is 1. The third kappa shape index (κ3) is 3.51. The first-order chi connectivity index (χ1) is 9.35. The zero-order valence-electron chi connectivity index (χ0n) is 12.9. The fourth-order valence-electron chi connectivity index (χ4n) is 2.22. The predicted molar refractivity (Wildman–Crippen MR) is 77.7 cm³/mol. The van der Waals surface area contributed by atoms with E-state index >= 15 is 0 Å². The first-order valence-electron chi connectivity index (χ1n) is 6.88. The molecule has 1 atom stereocenters. The molecule has 0 saturated heterocycles. The van der Waals surface area contributed by atoms with Crippen molar-refractivity contribution in [2.75, 3.05) is 13.7 Å². The summed E-state index contributed by atoms with van der Waals surface area (Å²) in [6, 6.07) is 5.46. The Labute approximate surface area is 120 Å². The first-order valence-corrected chi connectivity index (χ1v) is 6.88. The summed E-state index contributed by atoms with van der Waals surface area (Å²) >= 11 is 0. The summed E-state index contributed by atoms with van der Waals surface area (Å²) in [7, 11) is 1.61. The molecule has 1 rings (SSSR count). The Hall–Kier alpha value is -1.55. The van der Waals surface area contributed by atoms with Crippen molar-refractivity contribution in [1.82, 2.24) is 0 Å². The van der Waals surface area contributed by atoms with E-state index in [9.17, 15) is 9.90 Å². The molecule has 0 saturated carbocycles. The van der Waals surface area contributed by atoms with Crippen LogP contribution in [0.2, 0.25) is 0 Å². The number of carbonyl (C=O) groups is 1. The Kier molecular flexibility index (Phi) is 5.57. The Balaban J connectivity index is 3.12. The van der Waals surface area contributed by atoms with Crippen LogP contribution in [0.3, 0.4) is 0 Å². The summed E-state index contributed by atoms with van der Waals surface area (Å²) in [5.74, 6) is 0.257. The van der Waals surface area contributed by atoms with Gasteiger partial charge in [0, 0.05) is 0 Å². The maximum Gasteiger partial charge on any atom is 0.309 e. The Morgan fingerprint density at radius 1 is 1.40 bits per heavy atom. The predicted octanol–water partition coefficient (Wildman–Crippen LogP) is 2.80. The molecule has 1 N–H and O–H groups in total. The molecule has 0 radical (unpaired) electrons. The fraction of sp³-hybridized carbons (Fsp3) is 0.562. The van der Waals surface area contributed by atoms with Crippen molar-refractivity contribution < 1.29 is 19.4 Å². The molecule has 0 aliphatic heterocycles. The number of methoxy groups -OCH3 is 1. The lowest BCUT2D eigenvalue weighted by Gasteiger charge is -2.32. The molecule has 0 aromatic heterocycles. The van der Waals surface area contributed by atoms with Crippen molar-refractivity contribution in [3.05, 3.63) is 29.3 Å². The average molecular weight is 280 g/mol. The van der Waals surface area contributed by atoms with Crippen LogP contribution < -0.4 is 4.74 Å². The van der Waals surface area contributed by atoms with E-state index in [0.29, 0.717) is 12.2 Å². The number of ether oxygens (including phenoxy) is 2. The molecule has 4 heteroatoms. The van der Waals surface area contributed by atoms with Crippen LogP contribution in [0.4, 0.5) is 0 Å². The Morgan fingerprint density at radius 3 is 2.50 bits per heavy atom. The maximum atomic E-state index is 11.7. The van der Waals surface area contributed by atoms with Gasteiger partial charge >= 0.3 is 5.97 Å². The molecule has 0 spiro atoms. The number of hydrogen-bond acceptors (Lipinski definition) is 4. The van der Waals surface area contributed by atoms with Gasteiger partial charge < -0.3 is 14.6 Å². The Morgan fingerprint density at radius 2 is 2.05 bits per heavy atom. The van der Waals surface area contributed by atoms with Crippen LogP contribution in [-0.2, 0) is 15.1 Å². The molecule has 0 bridgehead atoms. The van der Waals surface area contributed by atoms with E-state index in [4.69, 9.17) is 9.47 Å². The number of rotatable bonds is 6. The molecular formula is C16H24O4. The van der Waals surface area contributed by atoms with Crippen molar-refractivity contribution in [3.63, 3.8) is 0 Å². The monoisotopic (exact) mass is 280 g/mol. The summed E-state index contributed by atoms with van der Waals surface area (Å²) in [5.41, 5.74) is 0.398. The van der Waals surface area contributed by atoms with Gasteiger partial charge in [0.1, 0.15) is 11.4 Å². The molecule has 0 aliphatic rings. The second-order valence-electron chi connectivity index (χ2n) is 5.25. The lowest BCUT2D eigenvalue weighted by Crippen LogP contribution is -2.35. The molecule has 0 unspecified atom stereocenters. The van der Waals surface area contributed by atoms with Crippen molar-refractivity contribution in [3.8, 4) is 5.75 Å². The van der Waals surface area contributed by atoms with Crippen molar-refractivity contribution in [2.24, 2.45) is 5.92 Å². The van der Waals surface area contributed by atoms with Crippen LogP contribution in [0.15, 0.2) is 18.2 Å². The highest BCUT2D eigenvalue weighted by Crippen LogP contribution is 2.35. The van der Waals surface area contributed by atoms with Gasteiger partial charge in [-0.15, -0.1) is 0 Å². The quantitative estimate of drug-likeness (QED) is 0.814. The highest BCUT2D eigenvalue weighted by molar-refractivity contribution is 5.71. The molecule has 0 fully saturated rings. The van der Waals surface area contributed by atoms with E-state index in [1.165, 1.54) is 0 Å². The normalized spacial score (nSPS) is 13.9. The highest BCUT2D eigenvalue weighted by Gasteiger charge is 2.36. The molecule has 20 heavy (non-hydrogen) atoms. The van der Waals surface area contributed by atoms with Gasteiger partial charge in [0.05, 0.1) is 20.1 Å². The van der Waals surface area contributed by atoms with Gasteiger partial charge in [0.2, 0.25) is 0 Å². The van der Waals surface area contributed by atoms with Crippen molar-refractivity contribution >= 4 is 5.97 Å². The molecule has 1 aromatic carbocycles. The first kappa shape index (κ1) is 16.5. The van der Waals surface area contributed by atoms with Crippen molar-refractivity contribution in [2.45, 2.75) is 39.7 Å². The summed E-state index contributed by atoms with van der Waals surface area (Å²) in [6.07, 6.45) is -0.0513. The second-order valence-corrected chi connectivity index (χ2v) is 5.25. The van der Waals surface area contributed by atoms with E-state index in [1.54, 1.807) is 20.1 Å². The van der Waals surface area contributed by atoms with E-state index in [-0.39, 0.29) is 12.3 Å². The zero-order chi connectivity index (χ0) is 15.3. The van der Waals surface area contributed by atoms with Gasteiger partial charge in [-0.05, 0) is 43.0 Å². The molecule has 0 heterocycles. The number of aliphatic hydroxyl groups is 1. The van der Waals surface area contributed by atoms with E-state index in [2.05, 4.69) is 0 Å². The molecular weight excluding hydrogens is 256 g/mol. The summed E-state index contributed by atoms with van der Waals surface area (Å²) in [5, 5.41) is 10.9. The van der Waals surface area contributed by atoms with E-state index in [0.717, 1.165) is 11.3 Å². The Bertz CT molecular complexity index is 468. The molecule has 112 valence electrons. The van der Waals surface area contributed by atoms with Gasteiger partial charge in [-0.25, -0.2) is 0 Å². The minimum atomic E-state index is -1.23.